The lowest BCUT2D eigenvalue weighted by Crippen LogP contribution is -2.28. The first-order chi connectivity index (χ1) is 15.5. The van der Waals surface area contributed by atoms with Crippen LogP contribution in [0.5, 0.6) is 23.0 Å². The maximum absolute atomic E-state index is 12.6. The normalized spacial score (nSPS) is 14.1. The van der Waals surface area contributed by atoms with Crippen LogP contribution < -0.4 is 24.4 Å². The van der Waals surface area contributed by atoms with E-state index in [2.05, 4.69) is 10.5 Å². The van der Waals surface area contributed by atoms with Crippen LogP contribution in [0, 0.1) is 5.92 Å². The average molecular weight is 440 g/mol. The molecule has 2 aromatic rings. The van der Waals surface area contributed by atoms with Crippen molar-refractivity contribution in [3.63, 3.8) is 0 Å². The van der Waals surface area contributed by atoms with Gasteiger partial charge in [0.25, 0.3) is 0 Å². The SMILES string of the molecule is COc1cc(C(=O)Oc2ccc(/C=N\NC(=O)C3CCCCC3)cc2)cc(OC)c1OC. The van der Waals surface area contributed by atoms with Crippen molar-refractivity contribution >= 4 is 18.1 Å². The zero-order chi connectivity index (χ0) is 22.9. The van der Waals surface area contributed by atoms with Crippen LogP contribution in [0.15, 0.2) is 41.5 Å². The van der Waals surface area contributed by atoms with E-state index in [4.69, 9.17) is 18.9 Å². The molecule has 1 amide bonds. The number of amides is 1. The van der Waals surface area contributed by atoms with Gasteiger partial charge in [-0.15, -0.1) is 0 Å². The van der Waals surface area contributed by atoms with E-state index in [1.54, 1.807) is 30.5 Å². The number of carbonyl (C=O) groups excluding carboxylic acids is 2. The van der Waals surface area contributed by atoms with Crippen LogP contribution in [-0.4, -0.2) is 39.4 Å². The van der Waals surface area contributed by atoms with Crippen LogP contribution in [0.3, 0.4) is 0 Å². The van der Waals surface area contributed by atoms with E-state index < -0.39 is 5.97 Å². The van der Waals surface area contributed by atoms with Gasteiger partial charge in [0.2, 0.25) is 11.7 Å². The van der Waals surface area contributed by atoms with Crippen molar-refractivity contribution in [3.05, 3.63) is 47.5 Å². The summed E-state index contributed by atoms with van der Waals surface area (Å²) in [5.74, 6) is 0.944. The fraction of sp³-hybridized carbons (Fsp3) is 0.375. The molecular formula is C24H28N2O6. The standard InChI is InChI=1S/C24H28N2O6/c1-29-20-13-18(14-21(30-2)22(20)31-3)24(28)32-19-11-9-16(10-12-19)15-25-26-23(27)17-7-5-4-6-8-17/h9-15,17H,4-8H2,1-3H3,(H,26,27)/b25-15-. The van der Waals surface area contributed by atoms with Crippen LogP contribution in [0.4, 0.5) is 0 Å². The average Bonchev–Trinajstić information content (AvgIpc) is 2.84. The van der Waals surface area contributed by atoms with Gasteiger partial charge in [-0.3, -0.25) is 4.79 Å². The number of methoxy groups -OCH3 is 3. The predicted octanol–water partition coefficient (Wildman–Crippen LogP) is 3.96. The highest BCUT2D eigenvalue weighted by atomic mass is 16.5. The van der Waals surface area contributed by atoms with E-state index >= 15 is 0 Å². The van der Waals surface area contributed by atoms with Crippen LogP contribution in [0.2, 0.25) is 0 Å². The lowest BCUT2D eigenvalue weighted by molar-refractivity contribution is -0.125. The second-order valence-electron chi connectivity index (χ2n) is 7.44. The molecule has 32 heavy (non-hydrogen) atoms. The molecule has 170 valence electrons. The second kappa shape index (κ2) is 11.2. The zero-order valence-corrected chi connectivity index (χ0v) is 18.6. The number of carbonyl (C=O) groups is 2. The van der Waals surface area contributed by atoms with Crippen molar-refractivity contribution in [2.75, 3.05) is 21.3 Å². The lowest BCUT2D eigenvalue weighted by atomic mass is 9.89. The van der Waals surface area contributed by atoms with Crippen molar-refractivity contribution in [1.29, 1.82) is 0 Å². The number of benzene rings is 2. The maximum Gasteiger partial charge on any atom is 0.343 e. The third kappa shape index (κ3) is 5.78. The Morgan fingerprint density at radius 1 is 0.938 bits per heavy atom. The maximum atomic E-state index is 12.6. The minimum atomic E-state index is -0.564. The van der Waals surface area contributed by atoms with Crippen molar-refractivity contribution in [3.8, 4) is 23.0 Å². The van der Waals surface area contributed by atoms with Crippen LogP contribution in [0.1, 0.15) is 48.0 Å². The number of hydrogen-bond acceptors (Lipinski definition) is 7. The Bertz CT molecular complexity index is 940. The van der Waals surface area contributed by atoms with E-state index in [1.165, 1.54) is 39.9 Å². The number of nitrogens with zero attached hydrogens (tertiary/aromatic N) is 1. The molecule has 0 atom stereocenters. The number of hydrazone groups is 1. The number of rotatable bonds is 8. The van der Waals surface area contributed by atoms with Gasteiger partial charge in [0.1, 0.15) is 5.75 Å². The molecule has 0 aromatic heterocycles. The molecule has 1 N–H and O–H groups in total. The Morgan fingerprint density at radius 2 is 1.56 bits per heavy atom. The first-order valence-corrected chi connectivity index (χ1v) is 10.5. The zero-order valence-electron chi connectivity index (χ0n) is 18.6. The Hall–Kier alpha value is -3.55. The molecule has 1 aliphatic rings. The van der Waals surface area contributed by atoms with Crippen molar-refractivity contribution in [1.82, 2.24) is 5.43 Å². The highest BCUT2D eigenvalue weighted by Gasteiger charge is 2.20. The number of nitrogens with one attached hydrogen (secondary N) is 1. The van der Waals surface area contributed by atoms with Crippen LogP contribution in [0.25, 0.3) is 0 Å². The van der Waals surface area contributed by atoms with E-state index in [1.807, 2.05) is 0 Å². The third-order valence-corrected chi connectivity index (χ3v) is 5.36. The summed E-state index contributed by atoms with van der Waals surface area (Å²) >= 11 is 0. The van der Waals surface area contributed by atoms with Gasteiger partial charge in [0.15, 0.2) is 11.5 Å². The highest BCUT2D eigenvalue weighted by molar-refractivity contribution is 5.93. The van der Waals surface area contributed by atoms with Gasteiger partial charge >= 0.3 is 5.97 Å². The Balaban J connectivity index is 1.60. The molecule has 1 aliphatic carbocycles. The molecule has 0 saturated heterocycles. The molecular weight excluding hydrogens is 412 g/mol. The van der Waals surface area contributed by atoms with Gasteiger partial charge < -0.3 is 18.9 Å². The minimum absolute atomic E-state index is 0.0307. The van der Waals surface area contributed by atoms with Crippen molar-refractivity contribution in [2.24, 2.45) is 11.0 Å². The Morgan fingerprint density at radius 3 is 2.12 bits per heavy atom. The molecule has 3 rings (SSSR count). The molecule has 0 aliphatic heterocycles. The summed E-state index contributed by atoms with van der Waals surface area (Å²) in [4.78, 5) is 24.7. The minimum Gasteiger partial charge on any atom is -0.493 e. The molecule has 8 nitrogen and oxygen atoms in total. The van der Waals surface area contributed by atoms with Gasteiger partial charge in [0, 0.05) is 5.92 Å². The van der Waals surface area contributed by atoms with Gasteiger partial charge in [-0.1, -0.05) is 19.3 Å². The number of ether oxygens (including phenoxy) is 4. The van der Waals surface area contributed by atoms with Crippen molar-refractivity contribution < 1.29 is 28.5 Å². The molecule has 0 radical (unpaired) electrons. The number of esters is 1. The molecule has 0 unspecified atom stereocenters. The van der Waals surface area contributed by atoms with Gasteiger partial charge in [-0.05, 0) is 54.8 Å². The fourth-order valence-corrected chi connectivity index (χ4v) is 3.61. The summed E-state index contributed by atoms with van der Waals surface area (Å²) in [7, 11) is 4.44. The summed E-state index contributed by atoms with van der Waals surface area (Å²) in [5, 5.41) is 4.04. The summed E-state index contributed by atoms with van der Waals surface area (Å²) in [5.41, 5.74) is 3.64. The molecule has 2 aromatic carbocycles. The molecule has 8 heteroatoms. The van der Waals surface area contributed by atoms with Gasteiger partial charge in [0.05, 0.1) is 33.1 Å². The third-order valence-electron chi connectivity index (χ3n) is 5.36. The molecule has 1 saturated carbocycles. The summed E-state index contributed by atoms with van der Waals surface area (Å²) in [6.45, 7) is 0. The fourth-order valence-electron chi connectivity index (χ4n) is 3.61. The number of hydrogen-bond donors (Lipinski definition) is 1. The topological polar surface area (TPSA) is 95.5 Å². The smallest absolute Gasteiger partial charge is 0.343 e. The van der Waals surface area contributed by atoms with Crippen molar-refractivity contribution in [2.45, 2.75) is 32.1 Å². The largest absolute Gasteiger partial charge is 0.493 e. The highest BCUT2D eigenvalue weighted by Crippen LogP contribution is 2.38. The second-order valence-corrected chi connectivity index (χ2v) is 7.44. The summed E-state index contributed by atoms with van der Waals surface area (Å²) in [6, 6.07) is 9.85. The molecule has 0 spiro atoms. The monoisotopic (exact) mass is 440 g/mol. The molecule has 1 fully saturated rings. The van der Waals surface area contributed by atoms with Gasteiger partial charge in [-0.25, -0.2) is 10.2 Å². The van der Waals surface area contributed by atoms with Crippen LogP contribution in [-0.2, 0) is 4.79 Å². The first kappa shape index (κ1) is 23.1. The summed E-state index contributed by atoms with van der Waals surface area (Å²) < 4.78 is 21.3. The van der Waals surface area contributed by atoms with E-state index in [9.17, 15) is 9.59 Å². The lowest BCUT2D eigenvalue weighted by Gasteiger charge is -2.19. The predicted molar refractivity (Wildman–Crippen MR) is 120 cm³/mol. The first-order valence-electron chi connectivity index (χ1n) is 10.5. The molecule has 0 heterocycles. The quantitative estimate of drug-likeness (QED) is 0.289. The van der Waals surface area contributed by atoms with E-state index in [0.717, 1.165) is 31.2 Å². The van der Waals surface area contributed by atoms with E-state index in [-0.39, 0.29) is 17.4 Å². The Labute approximate surface area is 187 Å². The van der Waals surface area contributed by atoms with Gasteiger partial charge in [-0.2, -0.15) is 5.10 Å². The Kier molecular flexibility index (Phi) is 8.08. The van der Waals surface area contributed by atoms with E-state index in [0.29, 0.717) is 23.0 Å². The summed E-state index contributed by atoms with van der Waals surface area (Å²) in [6.07, 6.45) is 6.80. The van der Waals surface area contributed by atoms with Crippen LogP contribution >= 0.6 is 0 Å². The molecule has 0 bridgehead atoms.